The van der Waals surface area contributed by atoms with Gasteiger partial charge in [0.25, 0.3) is 0 Å². The van der Waals surface area contributed by atoms with Crippen LogP contribution in [-0.4, -0.2) is 65.7 Å². The number of aromatic nitrogens is 3. The Labute approximate surface area is 184 Å². The topological polar surface area (TPSA) is 80.7 Å². The summed E-state index contributed by atoms with van der Waals surface area (Å²) in [6.07, 6.45) is -6.80. The van der Waals surface area contributed by atoms with Crippen molar-refractivity contribution in [3.8, 4) is 11.6 Å². The van der Waals surface area contributed by atoms with Crippen LogP contribution in [0.2, 0.25) is 0 Å². The van der Waals surface area contributed by atoms with E-state index in [0.29, 0.717) is 25.5 Å². The predicted molar refractivity (Wildman–Crippen MR) is 102 cm³/mol. The number of carbonyl (C=O) groups is 1. The molecule has 1 amide bonds. The Morgan fingerprint density at radius 2 is 1.61 bits per heavy atom. The first-order valence-electron chi connectivity index (χ1n) is 9.65. The number of methoxy groups -OCH3 is 1. The highest BCUT2D eigenvalue weighted by Crippen LogP contribution is 2.36. The molecule has 0 aromatic carbocycles. The molecular formula is C19H19F6N5O3. The molecule has 1 fully saturated rings. The number of pyridine rings is 1. The van der Waals surface area contributed by atoms with Crippen molar-refractivity contribution in [1.29, 1.82) is 0 Å². The monoisotopic (exact) mass is 479 g/mol. The summed E-state index contributed by atoms with van der Waals surface area (Å²) in [6.45, 7) is 1.04. The van der Waals surface area contributed by atoms with Crippen LogP contribution in [0.1, 0.15) is 17.5 Å². The molecule has 3 heterocycles. The molecule has 0 unspecified atom stereocenters. The standard InChI is InChI=1S/C19H19F6N5O3/c1-32-16-14(19(23,24)25)8-13(11-26-16)33-7-2-15(31)29-3-5-30(6-4-29)17-27-9-12(10-28-17)18(20,21)22/h8-11H,2-7H2,1H3. The SMILES string of the molecule is COc1ncc(OCCC(=O)N2CCN(c3ncc(C(F)(F)F)cn3)CC2)cc1C(F)(F)F. The first-order chi connectivity index (χ1) is 15.5. The molecule has 0 bridgehead atoms. The van der Waals surface area contributed by atoms with Gasteiger partial charge in [-0.2, -0.15) is 26.3 Å². The van der Waals surface area contributed by atoms with Crippen LogP contribution in [-0.2, 0) is 17.1 Å². The highest BCUT2D eigenvalue weighted by Gasteiger charge is 2.36. The molecule has 1 aliphatic rings. The summed E-state index contributed by atoms with van der Waals surface area (Å²) >= 11 is 0. The lowest BCUT2D eigenvalue weighted by Gasteiger charge is -2.34. The second kappa shape index (κ2) is 9.67. The smallest absolute Gasteiger partial charge is 0.421 e. The summed E-state index contributed by atoms with van der Waals surface area (Å²) in [6, 6.07) is 0.749. The van der Waals surface area contributed by atoms with Crippen molar-refractivity contribution in [2.45, 2.75) is 18.8 Å². The second-order valence-corrected chi connectivity index (χ2v) is 6.96. The highest BCUT2D eigenvalue weighted by molar-refractivity contribution is 5.76. The molecule has 1 aliphatic heterocycles. The average Bonchev–Trinajstić information content (AvgIpc) is 2.78. The zero-order chi connectivity index (χ0) is 24.2. The minimum atomic E-state index is -4.68. The normalized spacial score (nSPS) is 14.9. The largest absolute Gasteiger partial charge is 0.491 e. The van der Waals surface area contributed by atoms with Crippen LogP contribution in [0.25, 0.3) is 0 Å². The number of alkyl halides is 6. The van der Waals surface area contributed by atoms with Gasteiger partial charge in [0.15, 0.2) is 0 Å². The van der Waals surface area contributed by atoms with Crippen LogP contribution in [0.3, 0.4) is 0 Å². The van der Waals surface area contributed by atoms with E-state index in [2.05, 4.69) is 19.7 Å². The minimum absolute atomic E-state index is 0.0792. The van der Waals surface area contributed by atoms with Gasteiger partial charge in [0, 0.05) is 38.6 Å². The van der Waals surface area contributed by atoms with Crippen LogP contribution in [0.4, 0.5) is 32.3 Å². The lowest BCUT2D eigenvalue weighted by atomic mass is 10.2. The Kier molecular flexibility index (Phi) is 7.12. The van der Waals surface area contributed by atoms with Crippen LogP contribution in [0.5, 0.6) is 11.6 Å². The first-order valence-corrected chi connectivity index (χ1v) is 9.65. The summed E-state index contributed by atoms with van der Waals surface area (Å²) in [4.78, 5) is 26.6. The third-order valence-corrected chi connectivity index (χ3v) is 4.79. The number of nitrogens with zero attached hydrogens (tertiary/aromatic N) is 5. The lowest BCUT2D eigenvalue weighted by Crippen LogP contribution is -2.49. The van der Waals surface area contributed by atoms with Crippen LogP contribution in [0, 0.1) is 0 Å². The van der Waals surface area contributed by atoms with Gasteiger partial charge < -0.3 is 19.3 Å². The fraction of sp³-hybridized carbons (Fsp3) is 0.474. The second-order valence-electron chi connectivity index (χ2n) is 6.96. The van der Waals surface area contributed by atoms with E-state index in [9.17, 15) is 31.1 Å². The van der Waals surface area contributed by atoms with E-state index >= 15 is 0 Å². The average molecular weight is 479 g/mol. The fourth-order valence-electron chi connectivity index (χ4n) is 3.08. The Hall–Kier alpha value is -3.32. The van der Waals surface area contributed by atoms with Gasteiger partial charge in [0.2, 0.25) is 17.7 Å². The third kappa shape index (κ3) is 6.14. The van der Waals surface area contributed by atoms with E-state index in [-0.39, 0.29) is 43.7 Å². The summed E-state index contributed by atoms with van der Waals surface area (Å²) in [5.74, 6) is -0.882. The van der Waals surface area contributed by atoms with E-state index < -0.39 is 29.4 Å². The van der Waals surface area contributed by atoms with Gasteiger partial charge in [-0.1, -0.05) is 0 Å². The maximum absolute atomic E-state index is 13.0. The van der Waals surface area contributed by atoms with Gasteiger partial charge in [0.1, 0.15) is 11.3 Å². The molecule has 0 aliphatic carbocycles. The van der Waals surface area contributed by atoms with E-state index in [1.165, 1.54) is 4.90 Å². The van der Waals surface area contributed by atoms with Crippen molar-refractivity contribution in [1.82, 2.24) is 19.9 Å². The number of rotatable bonds is 6. The molecule has 0 spiro atoms. The van der Waals surface area contributed by atoms with Gasteiger partial charge in [0.05, 0.1) is 31.9 Å². The highest BCUT2D eigenvalue weighted by atomic mass is 19.4. The van der Waals surface area contributed by atoms with Gasteiger partial charge in [-0.15, -0.1) is 0 Å². The quantitative estimate of drug-likeness (QED) is 0.590. The number of ether oxygens (including phenoxy) is 2. The van der Waals surface area contributed by atoms with Gasteiger partial charge in [-0.25, -0.2) is 15.0 Å². The maximum Gasteiger partial charge on any atom is 0.421 e. The lowest BCUT2D eigenvalue weighted by molar-refractivity contribution is -0.139. The van der Waals surface area contributed by atoms with Crippen molar-refractivity contribution < 1.29 is 40.6 Å². The maximum atomic E-state index is 13.0. The number of hydrogen-bond acceptors (Lipinski definition) is 7. The van der Waals surface area contributed by atoms with E-state index in [4.69, 9.17) is 4.74 Å². The zero-order valence-electron chi connectivity index (χ0n) is 17.3. The molecule has 0 atom stereocenters. The van der Waals surface area contributed by atoms with Gasteiger partial charge >= 0.3 is 12.4 Å². The van der Waals surface area contributed by atoms with E-state index in [1.807, 2.05) is 0 Å². The Morgan fingerprint density at radius 3 is 2.15 bits per heavy atom. The van der Waals surface area contributed by atoms with Crippen molar-refractivity contribution >= 4 is 11.9 Å². The molecule has 2 aromatic rings. The first kappa shape index (κ1) is 24.3. The molecule has 0 N–H and O–H groups in total. The van der Waals surface area contributed by atoms with E-state index in [0.717, 1.165) is 19.4 Å². The van der Waals surface area contributed by atoms with Crippen molar-refractivity contribution in [2.24, 2.45) is 0 Å². The molecule has 1 saturated heterocycles. The summed E-state index contributed by atoms with van der Waals surface area (Å²) < 4.78 is 86.8. The van der Waals surface area contributed by atoms with Crippen molar-refractivity contribution in [3.05, 3.63) is 35.8 Å². The molecule has 33 heavy (non-hydrogen) atoms. The van der Waals surface area contributed by atoms with Gasteiger partial charge in [-0.3, -0.25) is 4.79 Å². The number of carbonyl (C=O) groups excluding carboxylic acids is 1. The van der Waals surface area contributed by atoms with Crippen LogP contribution >= 0.6 is 0 Å². The molecule has 8 nitrogen and oxygen atoms in total. The zero-order valence-corrected chi connectivity index (χ0v) is 17.3. The number of amides is 1. The number of anilines is 1. The molecule has 0 radical (unpaired) electrons. The third-order valence-electron chi connectivity index (χ3n) is 4.79. The fourth-order valence-corrected chi connectivity index (χ4v) is 3.08. The van der Waals surface area contributed by atoms with E-state index in [1.54, 1.807) is 4.90 Å². The number of piperazine rings is 1. The van der Waals surface area contributed by atoms with Crippen LogP contribution < -0.4 is 14.4 Å². The van der Waals surface area contributed by atoms with Crippen molar-refractivity contribution in [3.63, 3.8) is 0 Å². The molecule has 14 heteroatoms. The Morgan fingerprint density at radius 1 is 0.970 bits per heavy atom. The Bertz CT molecular complexity index is 960. The number of halogens is 6. The summed E-state index contributed by atoms with van der Waals surface area (Å²) in [7, 11) is 1.07. The molecule has 2 aromatic heterocycles. The van der Waals surface area contributed by atoms with Crippen LogP contribution in [0.15, 0.2) is 24.7 Å². The molecular weight excluding hydrogens is 460 g/mol. The Balaban J connectivity index is 1.48. The number of hydrogen-bond donors (Lipinski definition) is 0. The molecule has 3 rings (SSSR count). The molecule has 180 valence electrons. The van der Waals surface area contributed by atoms with Crippen molar-refractivity contribution in [2.75, 3.05) is 44.8 Å². The van der Waals surface area contributed by atoms with Gasteiger partial charge in [-0.05, 0) is 6.07 Å². The summed E-state index contributed by atoms with van der Waals surface area (Å²) in [5.41, 5.74) is -2.04. The summed E-state index contributed by atoms with van der Waals surface area (Å²) in [5, 5.41) is 0. The minimum Gasteiger partial charge on any atom is -0.491 e. The molecule has 0 saturated carbocycles. The predicted octanol–water partition coefficient (Wildman–Crippen LogP) is 3.04.